The third kappa shape index (κ3) is 3.14. The fraction of sp³-hybridized carbons (Fsp3) is 0.167. The molecule has 0 bridgehead atoms. The Morgan fingerprint density at radius 1 is 1.42 bits per heavy atom. The number of benzene rings is 1. The number of nitrogens with zero attached hydrogens (tertiary/aromatic N) is 2. The number of rotatable bonds is 4. The smallest absolute Gasteiger partial charge is 0.269 e. The number of nitrogens with one attached hydrogen (secondary N) is 1. The maximum atomic E-state index is 11.2. The number of anilines is 1. The number of non-ortho nitro benzene ring substituents is 1. The summed E-state index contributed by atoms with van der Waals surface area (Å²) in [5, 5.41) is 15.5. The van der Waals surface area contributed by atoms with Crippen LogP contribution in [0.1, 0.15) is 13.3 Å². The van der Waals surface area contributed by atoms with E-state index < -0.39 is 4.92 Å². The molecule has 1 aromatic heterocycles. The summed E-state index contributed by atoms with van der Waals surface area (Å²) in [5.41, 5.74) is 1.50. The predicted molar refractivity (Wildman–Crippen MR) is 73.1 cm³/mol. The molecule has 98 valence electrons. The lowest BCUT2D eigenvalue weighted by Crippen LogP contribution is -2.08. The minimum atomic E-state index is -0.447. The average molecular weight is 277 g/mol. The number of hydrogen-bond donors (Lipinski definition) is 1. The molecule has 0 unspecified atom stereocenters. The molecule has 0 aliphatic carbocycles. The first-order valence-electron chi connectivity index (χ1n) is 5.60. The molecule has 19 heavy (non-hydrogen) atoms. The van der Waals surface area contributed by atoms with Gasteiger partial charge in [0.05, 0.1) is 10.6 Å². The van der Waals surface area contributed by atoms with Crippen molar-refractivity contribution in [1.82, 2.24) is 4.98 Å². The van der Waals surface area contributed by atoms with E-state index in [1.54, 1.807) is 24.4 Å². The van der Waals surface area contributed by atoms with Gasteiger partial charge in [0.25, 0.3) is 5.69 Å². The Bertz CT molecular complexity index is 607. The molecule has 0 atom stereocenters. The molecule has 0 aliphatic rings. The Labute approximate surface area is 113 Å². The Kier molecular flexibility index (Phi) is 3.86. The van der Waals surface area contributed by atoms with E-state index in [-0.39, 0.29) is 11.6 Å². The standard InChI is InChI=1S/C12H11N3O3S/c1-2-11(16)14-12-13-10(7-19-12)8-3-5-9(6-4-8)15(17)18/h3-7H,2H2,1H3,(H,13,14,16). The zero-order valence-corrected chi connectivity index (χ0v) is 10.9. The van der Waals surface area contributed by atoms with Crippen LogP contribution in [0.5, 0.6) is 0 Å². The molecule has 0 saturated carbocycles. The SMILES string of the molecule is CCC(=O)Nc1nc(-c2ccc([N+](=O)[O-])cc2)cs1. The van der Waals surface area contributed by atoms with Crippen LogP contribution < -0.4 is 5.32 Å². The predicted octanol–water partition coefficient (Wildman–Crippen LogP) is 3.07. The second-order valence-electron chi connectivity index (χ2n) is 3.74. The molecule has 1 aromatic carbocycles. The number of carbonyl (C=O) groups excluding carboxylic acids is 1. The molecule has 7 heteroatoms. The van der Waals surface area contributed by atoms with Crippen molar-refractivity contribution in [2.75, 3.05) is 5.32 Å². The van der Waals surface area contributed by atoms with Crippen molar-refractivity contribution in [2.24, 2.45) is 0 Å². The van der Waals surface area contributed by atoms with E-state index in [9.17, 15) is 14.9 Å². The number of aromatic nitrogens is 1. The van der Waals surface area contributed by atoms with Crippen LogP contribution in [0.2, 0.25) is 0 Å². The first-order chi connectivity index (χ1) is 9.10. The highest BCUT2D eigenvalue weighted by Crippen LogP contribution is 2.26. The molecule has 2 rings (SSSR count). The molecule has 0 aliphatic heterocycles. The average Bonchev–Trinajstić information content (AvgIpc) is 2.87. The van der Waals surface area contributed by atoms with Crippen molar-refractivity contribution < 1.29 is 9.72 Å². The number of thiazole rings is 1. The summed E-state index contributed by atoms with van der Waals surface area (Å²) in [6.07, 6.45) is 0.395. The highest BCUT2D eigenvalue weighted by Gasteiger charge is 2.09. The van der Waals surface area contributed by atoms with Gasteiger partial charge in [-0.25, -0.2) is 4.98 Å². The third-order valence-electron chi connectivity index (χ3n) is 2.45. The van der Waals surface area contributed by atoms with Crippen LogP contribution in [0.3, 0.4) is 0 Å². The van der Waals surface area contributed by atoms with Crippen molar-refractivity contribution in [2.45, 2.75) is 13.3 Å². The zero-order valence-electron chi connectivity index (χ0n) is 10.1. The maximum absolute atomic E-state index is 11.2. The largest absolute Gasteiger partial charge is 0.302 e. The number of nitro benzene ring substituents is 1. The minimum absolute atomic E-state index is 0.0403. The van der Waals surface area contributed by atoms with Crippen LogP contribution in [-0.2, 0) is 4.79 Å². The normalized spacial score (nSPS) is 10.2. The van der Waals surface area contributed by atoms with E-state index in [1.807, 2.05) is 0 Å². The van der Waals surface area contributed by atoms with Crippen molar-refractivity contribution in [3.63, 3.8) is 0 Å². The summed E-state index contributed by atoms with van der Waals surface area (Å²) in [7, 11) is 0. The van der Waals surface area contributed by atoms with Crippen molar-refractivity contribution in [3.8, 4) is 11.3 Å². The Balaban J connectivity index is 2.18. The van der Waals surface area contributed by atoms with Gasteiger partial charge in [-0.15, -0.1) is 11.3 Å². The van der Waals surface area contributed by atoms with Crippen molar-refractivity contribution in [1.29, 1.82) is 0 Å². The molecule has 6 nitrogen and oxygen atoms in total. The highest BCUT2D eigenvalue weighted by molar-refractivity contribution is 7.14. The second-order valence-corrected chi connectivity index (χ2v) is 4.60. The molecule has 2 aromatic rings. The van der Waals surface area contributed by atoms with Gasteiger partial charge in [0.15, 0.2) is 5.13 Å². The topological polar surface area (TPSA) is 85.1 Å². The number of hydrogen-bond acceptors (Lipinski definition) is 5. The van der Waals surface area contributed by atoms with Crippen LogP contribution in [0.4, 0.5) is 10.8 Å². The summed E-state index contributed by atoms with van der Waals surface area (Å²) in [6, 6.07) is 6.13. The quantitative estimate of drug-likeness (QED) is 0.687. The fourth-order valence-electron chi connectivity index (χ4n) is 1.43. The lowest BCUT2D eigenvalue weighted by Gasteiger charge is -1.98. The van der Waals surface area contributed by atoms with Crippen LogP contribution in [0.15, 0.2) is 29.6 Å². The van der Waals surface area contributed by atoms with Crippen LogP contribution in [-0.4, -0.2) is 15.8 Å². The minimum Gasteiger partial charge on any atom is -0.302 e. The van der Waals surface area contributed by atoms with E-state index in [2.05, 4.69) is 10.3 Å². The Hall–Kier alpha value is -2.28. The number of nitro groups is 1. The highest BCUT2D eigenvalue weighted by atomic mass is 32.1. The van der Waals surface area contributed by atoms with Crippen molar-refractivity contribution >= 4 is 28.1 Å². The summed E-state index contributed by atoms with van der Waals surface area (Å²) < 4.78 is 0. The molecular formula is C12H11N3O3S. The molecule has 1 N–H and O–H groups in total. The molecule has 0 radical (unpaired) electrons. The number of carbonyl (C=O) groups is 1. The summed E-state index contributed by atoms with van der Waals surface area (Å²) in [5.74, 6) is -0.0930. The van der Waals surface area contributed by atoms with Gasteiger partial charge in [0, 0.05) is 29.5 Å². The third-order valence-corrected chi connectivity index (χ3v) is 3.20. The van der Waals surface area contributed by atoms with Gasteiger partial charge < -0.3 is 5.32 Å². The maximum Gasteiger partial charge on any atom is 0.269 e. The van der Waals surface area contributed by atoms with Gasteiger partial charge in [-0.2, -0.15) is 0 Å². The van der Waals surface area contributed by atoms with E-state index >= 15 is 0 Å². The zero-order chi connectivity index (χ0) is 13.8. The van der Waals surface area contributed by atoms with Gasteiger partial charge in [-0.3, -0.25) is 14.9 Å². The van der Waals surface area contributed by atoms with Crippen LogP contribution in [0, 0.1) is 10.1 Å². The Morgan fingerprint density at radius 3 is 2.68 bits per heavy atom. The Morgan fingerprint density at radius 2 is 2.11 bits per heavy atom. The lowest BCUT2D eigenvalue weighted by atomic mass is 10.1. The summed E-state index contributed by atoms with van der Waals surface area (Å²) >= 11 is 1.32. The molecule has 0 saturated heterocycles. The van der Waals surface area contributed by atoms with E-state index in [0.29, 0.717) is 17.2 Å². The summed E-state index contributed by atoms with van der Waals surface area (Å²) in [4.78, 5) is 25.6. The van der Waals surface area contributed by atoms with Crippen LogP contribution >= 0.6 is 11.3 Å². The van der Waals surface area contributed by atoms with Crippen LogP contribution in [0.25, 0.3) is 11.3 Å². The second kappa shape index (κ2) is 5.57. The van der Waals surface area contributed by atoms with E-state index in [0.717, 1.165) is 5.56 Å². The molecule has 1 amide bonds. The first kappa shape index (κ1) is 13.2. The van der Waals surface area contributed by atoms with E-state index in [1.165, 1.54) is 23.5 Å². The number of amides is 1. The van der Waals surface area contributed by atoms with E-state index in [4.69, 9.17) is 0 Å². The molecular weight excluding hydrogens is 266 g/mol. The fourth-order valence-corrected chi connectivity index (χ4v) is 2.16. The first-order valence-corrected chi connectivity index (χ1v) is 6.48. The van der Waals surface area contributed by atoms with Gasteiger partial charge in [0.1, 0.15) is 0 Å². The van der Waals surface area contributed by atoms with Gasteiger partial charge in [-0.1, -0.05) is 6.92 Å². The lowest BCUT2D eigenvalue weighted by molar-refractivity contribution is -0.384. The molecule has 0 fully saturated rings. The van der Waals surface area contributed by atoms with Gasteiger partial charge in [0.2, 0.25) is 5.91 Å². The van der Waals surface area contributed by atoms with Gasteiger partial charge >= 0.3 is 0 Å². The monoisotopic (exact) mass is 277 g/mol. The van der Waals surface area contributed by atoms with Gasteiger partial charge in [-0.05, 0) is 12.1 Å². The molecule has 0 spiro atoms. The molecule has 1 heterocycles. The summed E-state index contributed by atoms with van der Waals surface area (Å²) in [6.45, 7) is 1.76. The van der Waals surface area contributed by atoms with Crippen molar-refractivity contribution in [3.05, 3.63) is 39.8 Å².